The highest BCUT2D eigenvalue weighted by Gasteiger charge is 2.20. The van der Waals surface area contributed by atoms with Gasteiger partial charge in [-0.3, -0.25) is 4.79 Å². The third kappa shape index (κ3) is 3.88. The lowest BCUT2D eigenvalue weighted by atomic mass is 9.92. The molecule has 0 heterocycles. The smallest absolute Gasteiger partial charge is 0.164 e. The molecule has 2 aliphatic rings. The summed E-state index contributed by atoms with van der Waals surface area (Å²) in [5.41, 5.74) is 3.29. The Morgan fingerprint density at radius 1 is 1.09 bits per heavy atom. The molecule has 0 spiro atoms. The number of benzene rings is 1. The maximum Gasteiger partial charge on any atom is 0.164 e. The first-order valence-electron chi connectivity index (χ1n) is 8.56. The van der Waals surface area contributed by atoms with Crippen molar-refractivity contribution in [2.45, 2.75) is 57.4 Å². The number of ketones is 1. The number of hydrogen-bond donors (Lipinski definition) is 1. The molecule has 0 aromatic heterocycles. The van der Waals surface area contributed by atoms with Crippen molar-refractivity contribution >= 4 is 5.78 Å². The SMILES string of the molecule is O=C1CCC=C/C1=C(\Cc1ccccc1)NC1CCCCC1. The van der Waals surface area contributed by atoms with Crippen molar-refractivity contribution in [2.24, 2.45) is 0 Å². The van der Waals surface area contributed by atoms with Crippen LogP contribution in [-0.4, -0.2) is 11.8 Å². The zero-order chi connectivity index (χ0) is 15.2. The van der Waals surface area contributed by atoms with Gasteiger partial charge in [-0.1, -0.05) is 61.7 Å². The van der Waals surface area contributed by atoms with Crippen LogP contribution in [-0.2, 0) is 11.2 Å². The van der Waals surface area contributed by atoms with Crippen molar-refractivity contribution in [3.63, 3.8) is 0 Å². The average molecular weight is 295 g/mol. The van der Waals surface area contributed by atoms with Crippen molar-refractivity contribution < 1.29 is 4.79 Å². The lowest BCUT2D eigenvalue weighted by Gasteiger charge is -2.27. The molecule has 22 heavy (non-hydrogen) atoms. The van der Waals surface area contributed by atoms with Crippen molar-refractivity contribution in [3.8, 4) is 0 Å². The Labute approximate surface area is 133 Å². The molecule has 0 radical (unpaired) electrons. The molecule has 0 atom stereocenters. The third-order valence-electron chi connectivity index (χ3n) is 4.66. The molecule has 0 bridgehead atoms. The average Bonchev–Trinajstić information content (AvgIpc) is 2.57. The molecule has 2 aliphatic carbocycles. The van der Waals surface area contributed by atoms with Gasteiger partial charge >= 0.3 is 0 Å². The standard InChI is InChI=1S/C20H25NO/c22-20-14-8-7-13-18(20)19(15-16-9-3-1-4-10-16)21-17-11-5-2-6-12-17/h1,3-4,7,9-10,13,17,21H,2,5-6,8,11-12,14-15H2/b19-18-. The van der Waals surface area contributed by atoms with E-state index in [2.05, 4.69) is 35.7 Å². The number of nitrogens with one attached hydrogen (secondary N) is 1. The Morgan fingerprint density at radius 2 is 1.86 bits per heavy atom. The van der Waals surface area contributed by atoms with Crippen LogP contribution in [0, 0.1) is 0 Å². The first-order chi connectivity index (χ1) is 10.8. The lowest BCUT2D eigenvalue weighted by molar-refractivity contribution is -0.115. The fourth-order valence-electron chi connectivity index (χ4n) is 3.43. The predicted molar refractivity (Wildman–Crippen MR) is 90.6 cm³/mol. The van der Waals surface area contributed by atoms with Gasteiger partial charge in [0.2, 0.25) is 0 Å². The third-order valence-corrected chi connectivity index (χ3v) is 4.66. The van der Waals surface area contributed by atoms with Gasteiger partial charge in [0.25, 0.3) is 0 Å². The molecule has 0 amide bonds. The van der Waals surface area contributed by atoms with Crippen LogP contribution in [0.1, 0.15) is 50.5 Å². The summed E-state index contributed by atoms with van der Waals surface area (Å²) in [7, 11) is 0. The number of Topliss-reactive ketones (excluding diaryl/α,β-unsaturated/α-hetero) is 1. The van der Waals surface area contributed by atoms with Gasteiger partial charge in [-0.15, -0.1) is 0 Å². The monoisotopic (exact) mass is 295 g/mol. The number of carbonyl (C=O) groups excluding carboxylic acids is 1. The summed E-state index contributed by atoms with van der Waals surface area (Å²) in [5, 5.41) is 3.71. The second-order valence-corrected chi connectivity index (χ2v) is 6.40. The van der Waals surface area contributed by atoms with Gasteiger partial charge in [0.15, 0.2) is 5.78 Å². The van der Waals surface area contributed by atoms with Crippen molar-refractivity contribution in [1.29, 1.82) is 0 Å². The second-order valence-electron chi connectivity index (χ2n) is 6.40. The van der Waals surface area contributed by atoms with E-state index in [9.17, 15) is 4.79 Å². The molecule has 3 rings (SSSR count). The van der Waals surface area contributed by atoms with E-state index in [0.29, 0.717) is 12.5 Å². The van der Waals surface area contributed by atoms with Crippen LogP contribution in [0.4, 0.5) is 0 Å². The van der Waals surface area contributed by atoms with Crippen LogP contribution < -0.4 is 5.32 Å². The van der Waals surface area contributed by atoms with Crippen LogP contribution >= 0.6 is 0 Å². The van der Waals surface area contributed by atoms with E-state index in [1.165, 1.54) is 37.7 Å². The number of carbonyl (C=O) groups is 1. The molecule has 116 valence electrons. The Morgan fingerprint density at radius 3 is 2.59 bits per heavy atom. The molecular weight excluding hydrogens is 270 g/mol. The van der Waals surface area contributed by atoms with Crippen molar-refractivity contribution in [1.82, 2.24) is 5.32 Å². The summed E-state index contributed by atoms with van der Waals surface area (Å²) in [4.78, 5) is 12.3. The van der Waals surface area contributed by atoms with E-state index < -0.39 is 0 Å². The summed E-state index contributed by atoms with van der Waals surface area (Å²) in [5.74, 6) is 0.289. The highest BCUT2D eigenvalue weighted by atomic mass is 16.1. The molecule has 1 N–H and O–H groups in total. The largest absolute Gasteiger partial charge is 0.385 e. The molecule has 0 unspecified atom stereocenters. The summed E-state index contributed by atoms with van der Waals surface area (Å²) in [6, 6.07) is 11.0. The summed E-state index contributed by atoms with van der Waals surface area (Å²) < 4.78 is 0. The van der Waals surface area contributed by atoms with Gasteiger partial charge in [0.1, 0.15) is 0 Å². The maximum atomic E-state index is 12.3. The highest BCUT2D eigenvalue weighted by molar-refractivity contribution is 5.99. The van der Waals surface area contributed by atoms with Gasteiger partial charge < -0.3 is 5.32 Å². The topological polar surface area (TPSA) is 29.1 Å². The quantitative estimate of drug-likeness (QED) is 0.838. The molecule has 1 aromatic carbocycles. The minimum absolute atomic E-state index is 0.289. The van der Waals surface area contributed by atoms with Gasteiger partial charge in [-0.05, 0) is 24.8 Å². The zero-order valence-electron chi connectivity index (χ0n) is 13.2. The van der Waals surface area contributed by atoms with Gasteiger partial charge in [-0.25, -0.2) is 0 Å². The van der Waals surface area contributed by atoms with Crippen LogP contribution in [0.15, 0.2) is 53.8 Å². The van der Waals surface area contributed by atoms with E-state index in [-0.39, 0.29) is 5.78 Å². The van der Waals surface area contributed by atoms with Gasteiger partial charge in [-0.2, -0.15) is 0 Å². The van der Waals surface area contributed by atoms with E-state index >= 15 is 0 Å². The second kappa shape index (κ2) is 7.44. The zero-order valence-corrected chi connectivity index (χ0v) is 13.2. The summed E-state index contributed by atoms with van der Waals surface area (Å²) in [6.45, 7) is 0. The van der Waals surface area contributed by atoms with Crippen LogP contribution in [0.25, 0.3) is 0 Å². The number of hydrogen-bond acceptors (Lipinski definition) is 2. The minimum Gasteiger partial charge on any atom is -0.385 e. The fraction of sp³-hybridized carbons (Fsp3) is 0.450. The Hall–Kier alpha value is -1.83. The van der Waals surface area contributed by atoms with E-state index in [0.717, 1.165) is 24.1 Å². The van der Waals surface area contributed by atoms with Crippen LogP contribution in [0.5, 0.6) is 0 Å². The Bertz CT molecular complexity index is 565. The molecule has 0 aliphatic heterocycles. The lowest BCUT2D eigenvalue weighted by Crippen LogP contribution is -2.33. The fourth-order valence-corrected chi connectivity index (χ4v) is 3.43. The number of allylic oxidation sites excluding steroid dienone is 4. The Balaban J connectivity index is 1.84. The highest BCUT2D eigenvalue weighted by Crippen LogP contribution is 2.23. The normalized spacial score (nSPS) is 21.7. The first-order valence-corrected chi connectivity index (χ1v) is 8.56. The predicted octanol–water partition coefficient (Wildman–Crippen LogP) is 4.32. The van der Waals surface area contributed by atoms with Crippen LogP contribution in [0.3, 0.4) is 0 Å². The molecule has 1 fully saturated rings. The number of rotatable bonds is 4. The molecule has 2 nitrogen and oxygen atoms in total. The van der Waals surface area contributed by atoms with Gasteiger partial charge in [0.05, 0.1) is 0 Å². The molecular formula is C20H25NO. The molecule has 1 saturated carbocycles. The minimum atomic E-state index is 0.289. The maximum absolute atomic E-state index is 12.3. The summed E-state index contributed by atoms with van der Waals surface area (Å²) >= 11 is 0. The van der Waals surface area contributed by atoms with Crippen molar-refractivity contribution in [3.05, 3.63) is 59.3 Å². The Kier molecular flexibility index (Phi) is 5.10. The van der Waals surface area contributed by atoms with E-state index in [1.807, 2.05) is 12.1 Å². The van der Waals surface area contributed by atoms with E-state index in [1.54, 1.807) is 0 Å². The summed E-state index contributed by atoms with van der Waals surface area (Å²) in [6.07, 6.45) is 12.9. The van der Waals surface area contributed by atoms with E-state index in [4.69, 9.17) is 0 Å². The van der Waals surface area contributed by atoms with Crippen molar-refractivity contribution in [2.75, 3.05) is 0 Å². The molecule has 0 saturated heterocycles. The first kappa shape index (κ1) is 15.1. The van der Waals surface area contributed by atoms with Crippen LogP contribution in [0.2, 0.25) is 0 Å². The molecule has 2 heteroatoms. The van der Waals surface area contributed by atoms with Gasteiger partial charge in [0, 0.05) is 30.2 Å². The molecule has 1 aromatic rings.